The summed E-state index contributed by atoms with van der Waals surface area (Å²) in [6.45, 7) is 3.61. The second-order valence-electron chi connectivity index (χ2n) is 6.49. The minimum absolute atomic E-state index is 0.0555. The number of nitrogens with zero attached hydrogens (tertiary/aromatic N) is 3. The zero-order valence-corrected chi connectivity index (χ0v) is 14.9. The average molecular weight is 353 g/mol. The van der Waals surface area contributed by atoms with Gasteiger partial charge in [0.1, 0.15) is 11.6 Å². The fourth-order valence-electron chi connectivity index (χ4n) is 3.26. The van der Waals surface area contributed by atoms with Crippen molar-refractivity contribution in [3.63, 3.8) is 0 Å². The number of carbonyl (C=O) groups excluding carboxylic acids is 2. The minimum atomic E-state index is -0.672. The molecule has 7 nitrogen and oxygen atoms in total. The molecular formula is C19H19N3O4. The number of rotatable bonds is 5. The van der Waals surface area contributed by atoms with Gasteiger partial charge in [0.15, 0.2) is 5.78 Å². The lowest BCUT2D eigenvalue weighted by atomic mass is 10.1. The first-order valence-corrected chi connectivity index (χ1v) is 8.32. The van der Waals surface area contributed by atoms with Crippen LogP contribution in [0.15, 0.2) is 23.1 Å². The number of hydrogen-bond donors (Lipinski definition) is 0. The van der Waals surface area contributed by atoms with Crippen molar-refractivity contribution in [2.24, 2.45) is 0 Å². The van der Waals surface area contributed by atoms with Crippen molar-refractivity contribution in [1.82, 2.24) is 9.13 Å². The molecule has 0 saturated heterocycles. The van der Waals surface area contributed by atoms with Gasteiger partial charge in [-0.1, -0.05) is 0 Å². The Morgan fingerprint density at radius 2 is 2.00 bits per heavy atom. The van der Waals surface area contributed by atoms with Crippen molar-refractivity contribution in [2.75, 3.05) is 7.11 Å². The van der Waals surface area contributed by atoms with Crippen molar-refractivity contribution in [2.45, 2.75) is 39.3 Å². The van der Waals surface area contributed by atoms with Crippen molar-refractivity contribution in [3.8, 4) is 6.07 Å². The summed E-state index contributed by atoms with van der Waals surface area (Å²) in [5, 5.41) is 9.12. The van der Waals surface area contributed by atoms with Gasteiger partial charge in [-0.2, -0.15) is 5.26 Å². The molecule has 0 bridgehead atoms. The Labute approximate surface area is 150 Å². The molecule has 0 atom stereocenters. The fraction of sp³-hybridized carbons (Fsp3) is 0.368. The molecule has 0 aromatic carbocycles. The predicted octanol–water partition coefficient (Wildman–Crippen LogP) is 2.14. The Balaban J connectivity index is 1.97. The maximum atomic E-state index is 12.8. The highest BCUT2D eigenvalue weighted by atomic mass is 16.5. The predicted molar refractivity (Wildman–Crippen MR) is 93.3 cm³/mol. The summed E-state index contributed by atoms with van der Waals surface area (Å²) in [5.41, 5.74) is 1.70. The van der Waals surface area contributed by atoms with Gasteiger partial charge in [0.25, 0.3) is 5.56 Å². The molecule has 1 saturated carbocycles. The normalized spacial score (nSPS) is 13.3. The van der Waals surface area contributed by atoms with Crippen LogP contribution in [0.4, 0.5) is 0 Å². The Hall–Kier alpha value is -3.14. The van der Waals surface area contributed by atoms with Gasteiger partial charge in [0, 0.05) is 29.2 Å². The molecule has 0 unspecified atom stereocenters. The van der Waals surface area contributed by atoms with E-state index in [0.717, 1.165) is 28.8 Å². The van der Waals surface area contributed by atoms with Crippen LogP contribution in [0.25, 0.3) is 0 Å². The molecule has 7 heteroatoms. The SMILES string of the molecule is COC(=O)c1cc(C#N)c(=O)n(CC(=O)c2cc(C)n(C3CC3)c2C)c1. The largest absolute Gasteiger partial charge is 0.465 e. The van der Waals surface area contributed by atoms with Crippen LogP contribution < -0.4 is 5.56 Å². The number of ketones is 1. The molecule has 0 spiro atoms. The van der Waals surface area contributed by atoms with Crippen molar-refractivity contribution in [1.29, 1.82) is 5.26 Å². The summed E-state index contributed by atoms with van der Waals surface area (Å²) in [4.78, 5) is 36.9. The van der Waals surface area contributed by atoms with E-state index in [2.05, 4.69) is 9.30 Å². The lowest BCUT2D eigenvalue weighted by Crippen LogP contribution is -2.27. The monoisotopic (exact) mass is 353 g/mol. The van der Waals surface area contributed by atoms with Crippen LogP contribution in [0.1, 0.15) is 56.6 Å². The fourth-order valence-corrected chi connectivity index (χ4v) is 3.26. The number of nitriles is 1. The first-order chi connectivity index (χ1) is 12.4. The molecule has 0 aliphatic heterocycles. The van der Waals surface area contributed by atoms with Gasteiger partial charge in [-0.25, -0.2) is 4.79 Å². The Morgan fingerprint density at radius 3 is 2.58 bits per heavy atom. The third kappa shape index (κ3) is 3.06. The van der Waals surface area contributed by atoms with E-state index in [1.54, 1.807) is 6.07 Å². The molecule has 134 valence electrons. The molecular weight excluding hydrogens is 334 g/mol. The van der Waals surface area contributed by atoms with Gasteiger partial charge in [-0.15, -0.1) is 0 Å². The number of Topliss-reactive ketones (excluding diaryl/α,β-unsaturated/α-hetero) is 1. The van der Waals surface area contributed by atoms with Crippen LogP contribution in [0.5, 0.6) is 0 Å². The number of methoxy groups -OCH3 is 1. The second-order valence-corrected chi connectivity index (χ2v) is 6.49. The number of pyridine rings is 1. The van der Waals surface area contributed by atoms with E-state index in [4.69, 9.17) is 5.26 Å². The van der Waals surface area contributed by atoms with Crippen LogP contribution >= 0.6 is 0 Å². The average Bonchev–Trinajstić information content (AvgIpc) is 3.40. The summed E-state index contributed by atoms with van der Waals surface area (Å²) in [5.74, 6) is -0.910. The lowest BCUT2D eigenvalue weighted by Gasteiger charge is -2.09. The summed E-state index contributed by atoms with van der Waals surface area (Å²) < 4.78 is 7.89. The maximum Gasteiger partial charge on any atom is 0.339 e. The molecule has 1 fully saturated rings. The van der Waals surface area contributed by atoms with Crippen molar-refractivity contribution in [3.05, 3.63) is 56.8 Å². The van der Waals surface area contributed by atoms with E-state index in [0.29, 0.717) is 11.6 Å². The van der Waals surface area contributed by atoms with Gasteiger partial charge >= 0.3 is 5.97 Å². The van der Waals surface area contributed by atoms with Crippen molar-refractivity contribution < 1.29 is 14.3 Å². The topological polar surface area (TPSA) is 94.1 Å². The van der Waals surface area contributed by atoms with Crippen LogP contribution in [-0.2, 0) is 11.3 Å². The van der Waals surface area contributed by atoms with E-state index >= 15 is 0 Å². The first-order valence-electron chi connectivity index (χ1n) is 8.32. The zero-order valence-electron chi connectivity index (χ0n) is 14.9. The molecule has 0 N–H and O–H groups in total. The van der Waals surface area contributed by atoms with Gasteiger partial charge < -0.3 is 13.9 Å². The van der Waals surface area contributed by atoms with Gasteiger partial charge in [0.2, 0.25) is 0 Å². The summed E-state index contributed by atoms with van der Waals surface area (Å²) in [6.07, 6.45) is 3.47. The second kappa shape index (κ2) is 6.64. The van der Waals surface area contributed by atoms with Crippen molar-refractivity contribution >= 4 is 11.8 Å². The van der Waals surface area contributed by atoms with Gasteiger partial charge in [-0.3, -0.25) is 9.59 Å². The Kier molecular flexibility index (Phi) is 4.51. The standard InChI is InChI=1S/C19H19N3O4/c1-11-6-16(12(2)22(11)15-4-5-15)17(23)10-21-9-14(19(25)26-3)7-13(8-20)18(21)24/h6-7,9,15H,4-5,10H2,1-3H3. The van der Waals surface area contributed by atoms with E-state index in [1.165, 1.54) is 19.4 Å². The number of esters is 1. The quantitative estimate of drug-likeness (QED) is 0.606. The molecule has 3 rings (SSSR count). The van der Waals surface area contributed by atoms with E-state index < -0.39 is 11.5 Å². The highest BCUT2D eigenvalue weighted by Gasteiger charge is 2.28. The number of hydrogen-bond acceptors (Lipinski definition) is 5. The minimum Gasteiger partial charge on any atom is -0.465 e. The van der Waals surface area contributed by atoms with Crippen LogP contribution in [0, 0.1) is 25.2 Å². The van der Waals surface area contributed by atoms with E-state index in [9.17, 15) is 14.4 Å². The van der Waals surface area contributed by atoms with Gasteiger partial charge in [0.05, 0.1) is 19.2 Å². The third-order valence-corrected chi connectivity index (χ3v) is 4.64. The first kappa shape index (κ1) is 17.7. The van der Waals surface area contributed by atoms with Crippen LogP contribution in [0.3, 0.4) is 0 Å². The molecule has 2 heterocycles. The molecule has 0 amide bonds. The third-order valence-electron chi connectivity index (χ3n) is 4.64. The van der Waals surface area contributed by atoms with E-state index in [1.807, 2.05) is 19.9 Å². The zero-order chi connectivity index (χ0) is 19.0. The maximum absolute atomic E-state index is 12.8. The van der Waals surface area contributed by atoms with Crippen LogP contribution in [0.2, 0.25) is 0 Å². The number of aromatic nitrogens is 2. The van der Waals surface area contributed by atoms with Crippen LogP contribution in [-0.4, -0.2) is 28.0 Å². The molecule has 26 heavy (non-hydrogen) atoms. The molecule has 0 radical (unpaired) electrons. The smallest absolute Gasteiger partial charge is 0.339 e. The highest BCUT2D eigenvalue weighted by Crippen LogP contribution is 2.38. The molecule has 1 aliphatic rings. The summed E-state index contributed by atoms with van der Waals surface area (Å²) in [7, 11) is 1.21. The Morgan fingerprint density at radius 1 is 1.31 bits per heavy atom. The number of aryl methyl sites for hydroxylation is 1. The van der Waals surface area contributed by atoms with E-state index in [-0.39, 0.29) is 23.5 Å². The van der Waals surface area contributed by atoms with Gasteiger partial charge in [-0.05, 0) is 38.8 Å². The summed E-state index contributed by atoms with van der Waals surface area (Å²) >= 11 is 0. The Bertz CT molecular complexity index is 1000. The number of ether oxygens (including phenoxy) is 1. The molecule has 1 aliphatic carbocycles. The number of carbonyl (C=O) groups is 2. The molecule has 2 aromatic heterocycles. The summed E-state index contributed by atoms with van der Waals surface area (Å²) in [6, 6.07) is 5.21. The highest BCUT2D eigenvalue weighted by molar-refractivity contribution is 5.97. The molecule has 2 aromatic rings. The lowest BCUT2D eigenvalue weighted by molar-refractivity contribution is 0.0599.